The summed E-state index contributed by atoms with van der Waals surface area (Å²) in [7, 11) is 1.33. The normalized spacial score (nSPS) is 10.8. The second-order valence-electron chi connectivity index (χ2n) is 7.35. The number of rotatable bonds is 8. The maximum atomic E-state index is 13.2. The van der Waals surface area contributed by atoms with Gasteiger partial charge in [-0.2, -0.15) is 0 Å². The number of phenols is 2. The first-order chi connectivity index (χ1) is 13.8. The summed E-state index contributed by atoms with van der Waals surface area (Å²) in [5.41, 5.74) is 2.10. The van der Waals surface area contributed by atoms with Crippen LogP contribution in [0.3, 0.4) is 0 Å². The van der Waals surface area contributed by atoms with Gasteiger partial charge in [-0.3, -0.25) is 4.79 Å². The van der Waals surface area contributed by atoms with Crippen molar-refractivity contribution >= 4 is 11.9 Å². The molecule has 0 spiro atoms. The first kappa shape index (κ1) is 22.3. The van der Waals surface area contributed by atoms with E-state index >= 15 is 0 Å². The topological polar surface area (TPSA) is 87.1 Å². The first-order valence-electron chi connectivity index (χ1n) is 9.80. The highest BCUT2D eigenvalue weighted by molar-refractivity contribution is 5.97. The van der Waals surface area contributed by atoms with E-state index in [9.17, 15) is 19.8 Å². The van der Waals surface area contributed by atoms with E-state index in [1.165, 1.54) is 13.2 Å². The molecule has 0 heterocycles. The molecule has 0 saturated carbocycles. The van der Waals surface area contributed by atoms with Gasteiger partial charge in [0.2, 0.25) is 0 Å². The van der Waals surface area contributed by atoms with E-state index in [4.69, 9.17) is 4.74 Å². The summed E-state index contributed by atoms with van der Waals surface area (Å²) in [6, 6.07) is 9.70. The zero-order valence-corrected chi connectivity index (χ0v) is 17.4. The standard InChI is InChI=1S/C23H29NO5/c1-5-6-11-24(14-16-7-9-17(10-8-16)23(28)29-4)22(27)19-12-18(15(2)3)20(25)13-21(19)26/h7-10,12-13,15,25-26H,5-6,11,14H2,1-4H3. The molecule has 0 atom stereocenters. The predicted octanol–water partition coefficient (Wildman–Crippen LogP) is 4.45. The van der Waals surface area contributed by atoms with Crippen LogP contribution in [-0.2, 0) is 11.3 Å². The number of aromatic hydroxyl groups is 2. The molecule has 2 aromatic carbocycles. The van der Waals surface area contributed by atoms with E-state index < -0.39 is 5.97 Å². The summed E-state index contributed by atoms with van der Waals surface area (Å²) in [4.78, 5) is 26.5. The molecule has 6 nitrogen and oxygen atoms in total. The Balaban J connectivity index is 2.31. The zero-order chi connectivity index (χ0) is 21.6. The van der Waals surface area contributed by atoms with Crippen LogP contribution >= 0.6 is 0 Å². The minimum absolute atomic E-state index is 0.0112. The number of nitrogens with zero attached hydrogens (tertiary/aromatic N) is 1. The van der Waals surface area contributed by atoms with Crippen molar-refractivity contribution < 1.29 is 24.5 Å². The summed E-state index contributed by atoms with van der Waals surface area (Å²) in [6.45, 7) is 6.75. The summed E-state index contributed by atoms with van der Waals surface area (Å²) >= 11 is 0. The Kier molecular flexibility index (Phi) is 7.65. The fourth-order valence-corrected chi connectivity index (χ4v) is 3.08. The van der Waals surface area contributed by atoms with Gasteiger partial charge in [-0.1, -0.05) is 39.3 Å². The Labute approximate surface area is 171 Å². The first-order valence-corrected chi connectivity index (χ1v) is 9.80. The van der Waals surface area contributed by atoms with Crippen LogP contribution < -0.4 is 0 Å². The summed E-state index contributed by atoms with van der Waals surface area (Å²) in [6.07, 6.45) is 1.74. The number of carbonyl (C=O) groups excluding carboxylic acids is 2. The minimum atomic E-state index is -0.411. The molecule has 0 aromatic heterocycles. The SMILES string of the molecule is CCCCN(Cc1ccc(C(=O)OC)cc1)C(=O)c1cc(C(C)C)c(O)cc1O. The lowest BCUT2D eigenvalue weighted by Gasteiger charge is -2.24. The van der Waals surface area contributed by atoms with Crippen molar-refractivity contribution in [1.82, 2.24) is 4.90 Å². The third kappa shape index (κ3) is 5.50. The molecule has 156 valence electrons. The van der Waals surface area contributed by atoms with Crippen molar-refractivity contribution in [3.8, 4) is 11.5 Å². The minimum Gasteiger partial charge on any atom is -0.508 e. The number of ether oxygens (including phenoxy) is 1. The van der Waals surface area contributed by atoms with Gasteiger partial charge < -0.3 is 19.8 Å². The van der Waals surface area contributed by atoms with Gasteiger partial charge >= 0.3 is 5.97 Å². The molecule has 1 amide bonds. The molecule has 0 aliphatic heterocycles. The van der Waals surface area contributed by atoms with Crippen molar-refractivity contribution in [2.24, 2.45) is 0 Å². The molecule has 0 fully saturated rings. The number of phenolic OH excluding ortho intramolecular Hbond substituents is 2. The average Bonchev–Trinajstić information content (AvgIpc) is 2.70. The third-order valence-electron chi connectivity index (χ3n) is 4.81. The monoisotopic (exact) mass is 399 g/mol. The number of amides is 1. The molecule has 6 heteroatoms. The molecule has 2 N–H and O–H groups in total. The molecule has 0 aliphatic rings. The molecular formula is C23H29NO5. The Morgan fingerprint density at radius 1 is 1.07 bits per heavy atom. The Bertz CT molecular complexity index is 858. The van der Waals surface area contributed by atoms with Crippen LogP contribution in [0.15, 0.2) is 36.4 Å². The van der Waals surface area contributed by atoms with Gasteiger partial charge in [-0.05, 0) is 41.7 Å². The summed E-state index contributed by atoms with van der Waals surface area (Å²) in [5, 5.41) is 20.3. The molecule has 0 saturated heterocycles. The highest BCUT2D eigenvalue weighted by Gasteiger charge is 2.22. The quantitative estimate of drug-likeness (QED) is 0.641. The molecular weight excluding hydrogens is 370 g/mol. The summed E-state index contributed by atoms with van der Waals surface area (Å²) in [5.74, 6) is -0.954. The van der Waals surface area contributed by atoms with Gasteiger partial charge in [0, 0.05) is 19.2 Å². The zero-order valence-electron chi connectivity index (χ0n) is 17.4. The highest BCUT2D eigenvalue weighted by atomic mass is 16.5. The smallest absolute Gasteiger partial charge is 0.337 e. The van der Waals surface area contributed by atoms with Gasteiger partial charge in [0.1, 0.15) is 11.5 Å². The second kappa shape index (κ2) is 9.96. The number of hydrogen-bond donors (Lipinski definition) is 2. The fraction of sp³-hybridized carbons (Fsp3) is 0.391. The third-order valence-corrected chi connectivity index (χ3v) is 4.81. The van der Waals surface area contributed by atoms with Crippen molar-refractivity contribution in [3.05, 3.63) is 58.7 Å². The second-order valence-corrected chi connectivity index (χ2v) is 7.35. The van der Waals surface area contributed by atoms with Gasteiger partial charge in [0.05, 0.1) is 18.2 Å². The molecule has 0 unspecified atom stereocenters. The van der Waals surface area contributed by atoms with Crippen LogP contribution in [0.25, 0.3) is 0 Å². The van der Waals surface area contributed by atoms with Gasteiger partial charge in [0.15, 0.2) is 0 Å². The molecule has 0 aliphatic carbocycles. The van der Waals surface area contributed by atoms with E-state index in [1.807, 2.05) is 20.8 Å². The Morgan fingerprint density at radius 3 is 2.28 bits per heavy atom. The van der Waals surface area contributed by atoms with Gasteiger partial charge in [0.25, 0.3) is 5.91 Å². The fourth-order valence-electron chi connectivity index (χ4n) is 3.08. The van der Waals surface area contributed by atoms with Crippen LogP contribution in [0.5, 0.6) is 11.5 Å². The van der Waals surface area contributed by atoms with E-state index in [0.29, 0.717) is 24.2 Å². The van der Waals surface area contributed by atoms with Gasteiger partial charge in [-0.25, -0.2) is 4.79 Å². The van der Waals surface area contributed by atoms with Crippen molar-refractivity contribution in [3.63, 3.8) is 0 Å². The van der Waals surface area contributed by atoms with Crippen LogP contribution in [0.1, 0.15) is 71.4 Å². The van der Waals surface area contributed by atoms with Gasteiger partial charge in [-0.15, -0.1) is 0 Å². The average molecular weight is 399 g/mol. The molecule has 2 aromatic rings. The maximum absolute atomic E-state index is 13.2. The van der Waals surface area contributed by atoms with E-state index in [0.717, 1.165) is 18.4 Å². The Morgan fingerprint density at radius 2 is 1.72 bits per heavy atom. The molecule has 0 bridgehead atoms. The number of carbonyl (C=O) groups is 2. The lowest BCUT2D eigenvalue weighted by molar-refractivity contribution is 0.0600. The van der Waals surface area contributed by atoms with Crippen LogP contribution in [0, 0.1) is 0 Å². The van der Waals surface area contributed by atoms with E-state index in [1.54, 1.807) is 35.2 Å². The van der Waals surface area contributed by atoms with Crippen molar-refractivity contribution in [2.75, 3.05) is 13.7 Å². The van der Waals surface area contributed by atoms with Crippen molar-refractivity contribution in [1.29, 1.82) is 0 Å². The molecule has 29 heavy (non-hydrogen) atoms. The van der Waals surface area contributed by atoms with E-state index in [2.05, 4.69) is 0 Å². The van der Waals surface area contributed by atoms with Crippen molar-refractivity contribution in [2.45, 2.75) is 46.1 Å². The van der Waals surface area contributed by atoms with Crippen LogP contribution in [0.2, 0.25) is 0 Å². The maximum Gasteiger partial charge on any atom is 0.337 e. The molecule has 0 radical (unpaired) electrons. The lowest BCUT2D eigenvalue weighted by Crippen LogP contribution is -2.31. The molecule has 2 rings (SSSR count). The van der Waals surface area contributed by atoms with Crippen LogP contribution in [0.4, 0.5) is 0 Å². The Hall–Kier alpha value is -3.02. The van der Waals surface area contributed by atoms with E-state index in [-0.39, 0.29) is 28.9 Å². The predicted molar refractivity (Wildman–Crippen MR) is 111 cm³/mol. The highest BCUT2D eigenvalue weighted by Crippen LogP contribution is 2.33. The van der Waals surface area contributed by atoms with Crippen LogP contribution in [-0.4, -0.2) is 40.6 Å². The number of unbranched alkanes of at least 4 members (excludes halogenated alkanes) is 1. The number of methoxy groups -OCH3 is 1. The summed E-state index contributed by atoms with van der Waals surface area (Å²) < 4.78 is 4.71. The largest absolute Gasteiger partial charge is 0.508 e. The number of benzene rings is 2. The number of hydrogen-bond acceptors (Lipinski definition) is 5. The number of esters is 1. The lowest BCUT2D eigenvalue weighted by atomic mass is 9.98.